The smallest absolute Gasteiger partial charge is 0.111 e. The van der Waals surface area contributed by atoms with Gasteiger partial charge in [0.2, 0.25) is 0 Å². The molecule has 1 atom stereocenters. The zero-order valence-electron chi connectivity index (χ0n) is 12.3. The molecule has 2 heterocycles. The molecule has 0 spiro atoms. The number of fused-ring (bicyclic) bond motifs is 1. The van der Waals surface area contributed by atoms with E-state index < -0.39 is 0 Å². The molecular formula is C17H19ClN2S. The van der Waals surface area contributed by atoms with Gasteiger partial charge in [-0.05, 0) is 43.0 Å². The third kappa shape index (κ3) is 2.99. The van der Waals surface area contributed by atoms with Crippen molar-refractivity contribution in [2.45, 2.75) is 32.7 Å². The number of imidazole rings is 1. The van der Waals surface area contributed by atoms with Gasteiger partial charge in [0.05, 0.1) is 11.0 Å². The molecule has 3 aromatic rings. The molecule has 110 valence electrons. The van der Waals surface area contributed by atoms with E-state index in [-0.39, 0.29) is 0 Å². The Kier molecular flexibility index (Phi) is 4.32. The van der Waals surface area contributed by atoms with E-state index in [0.717, 1.165) is 24.2 Å². The van der Waals surface area contributed by atoms with Gasteiger partial charge in [-0.25, -0.2) is 4.98 Å². The Morgan fingerprint density at radius 1 is 1.33 bits per heavy atom. The lowest BCUT2D eigenvalue weighted by Crippen LogP contribution is -2.12. The van der Waals surface area contributed by atoms with Crippen molar-refractivity contribution < 1.29 is 0 Å². The minimum atomic E-state index is 0.384. The van der Waals surface area contributed by atoms with Crippen LogP contribution in [-0.4, -0.2) is 15.4 Å². The Morgan fingerprint density at radius 3 is 2.90 bits per heavy atom. The first-order valence-electron chi connectivity index (χ1n) is 7.25. The van der Waals surface area contributed by atoms with E-state index in [2.05, 4.69) is 54.1 Å². The average Bonchev–Trinajstić information content (AvgIpc) is 3.05. The highest BCUT2D eigenvalue weighted by Gasteiger charge is 2.16. The van der Waals surface area contributed by atoms with Crippen LogP contribution in [0.15, 0.2) is 35.7 Å². The normalized spacial score (nSPS) is 12.9. The number of benzene rings is 1. The number of hydrogen-bond donors (Lipinski definition) is 0. The fourth-order valence-electron chi connectivity index (χ4n) is 2.82. The van der Waals surface area contributed by atoms with E-state index in [9.17, 15) is 0 Å². The van der Waals surface area contributed by atoms with Crippen LogP contribution in [0.3, 0.4) is 0 Å². The minimum absolute atomic E-state index is 0.384. The highest BCUT2D eigenvalue weighted by molar-refractivity contribution is 7.09. The lowest BCUT2D eigenvalue weighted by Gasteiger charge is -2.17. The van der Waals surface area contributed by atoms with Crippen LogP contribution in [0.1, 0.15) is 29.2 Å². The van der Waals surface area contributed by atoms with E-state index in [1.54, 1.807) is 0 Å². The number of alkyl halides is 1. The first kappa shape index (κ1) is 14.6. The quantitative estimate of drug-likeness (QED) is 0.606. The Morgan fingerprint density at radius 2 is 2.19 bits per heavy atom. The summed E-state index contributed by atoms with van der Waals surface area (Å²) in [5.74, 6) is 1.70. The van der Waals surface area contributed by atoms with Gasteiger partial charge in [-0.15, -0.1) is 22.9 Å². The van der Waals surface area contributed by atoms with E-state index in [4.69, 9.17) is 16.6 Å². The number of aromatic nitrogens is 2. The van der Waals surface area contributed by atoms with Crippen LogP contribution in [0.2, 0.25) is 0 Å². The maximum absolute atomic E-state index is 5.96. The molecule has 0 N–H and O–H groups in total. The molecule has 0 aliphatic rings. The molecule has 1 aromatic carbocycles. The molecular weight excluding hydrogens is 300 g/mol. The zero-order chi connectivity index (χ0) is 14.8. The molecule has 0 bridgehead atoms. The standard InChI is InChI=1S/C17H19ClN2S/c1-12-5-6-16-15(10-12)19-17(7-8-18)20(16)13(2)11-14-4-3-9-21-14/h3-6,9-10,13H,7-8,11H2,1-2H3. The summed E-state index contributed by atoms with van der Waals surface area (Å²) in [5.41, 5.74) is 3.54. The Labute approximate surface area is 134 Å². The molecule has 0 saturated carbocycles. The lowest BCUT2D eigenvalue weighted by atomic mass is 10.1. The Bertz CT molecular complexity index is 731. The van der Waals surface area contributed by atoms with Crippen LogP contribution >= 0.6 is 22.9 Å². The predicted octanol–water partition coefficient (Wildman–Crippen LogP) is 4.99. The number of rotatable bonds is 5. The summed E-state index contributed by atoms with van der Waals surface area (Å²) in [5, 5.41) is 2.14. The lowest BCUT2D eigenvalue weighted by molar-refractivity contribution is 0.541. The van der Waals surface area contributed by atoms with E-state index in [0.29, 0.717) is 11.9 Å². The Balaban J connectivity index is 2.03. The molecule has 0 fully saturated rings. The first-order chi connectivity index (χ1) is 10.2. The van der Waals surface area contributed by atoms with E-state index in [1.807, 2.05) is 11.3 Å². The summed E-state index contributed by atoms with van der Waals surface area (Å²) in [6, 6.07) is 11.2. The van der Waals surface area contributed by atoms with Crippen LogP contribution in [0.5, 0.6) is 0 Å². The van der Waals surface area contributed by atoms with Crippen LogP contribution in [0.25, 0.3) is 11.0 Å². The topological polar surface area (TPSA) is 17.8 Å². The van der Waals surface area contributed by atoms with Gasteiger partial charge in [0.15, 0.2) is 0 Å². The third-order valence-corrected chi connectivity index (χ3v) is 4.84. The largest absolute Gasteiger partial charge is 0.325 e. The van der Waals surface area contributed by atoms with Gasteiger partial charge in [0.25, 0.3) is 0 Å². The van der Waals surface area contributed by atoms with Crippen LogP contribution in [0, 0.1) is 6.92 Å². The molecule has 21 heavy (non-hydrogen) atoms. The highest BCUT2D eigenvalue weighted by Crippen LogP contribution is 2.26. The summed E-state index contributed by atoms with van der Waals surface area (Å²) < 4.78 is 2.36. The van der Waals surface area contributed by atoms with Crippen molar-refractivity contribution in [1.82, 2.24) is 9.55 Å². The average molecular weight is 319 g/mol. The summed E-state index contributed by atoms with van der Waals surface area (Å²) >= 11 is 7.78. The molecule has 2 aromatic heterocycles. The molecule has 0 aliphatic carbocycles. The second-order valence-electron chi connectivity index (χ2n) is 5.46. The van der Waals surface area contributed by atoms with Gasteiger partial charge in [-0.3, -0.25) is 0 Å². The monoisotopic (exact) mass is 318 g/mol. The van der Waals surface area contributed by atoms with Gasteiger partial charge in [-0.1, -0.05) is 12.1 Å². The second-order valence-corrected chi connectivity index (χ2v) is 6.87. The molecule has 1 unspecified atom stereocenters. The van der Waals surface area contributed by atoms with Crippen molar-refractivity contribution in [2.24, 2.45) is 0 Å². The predicted molar refractivity (Wildman–Crippen MR) is 91.6 cm³/mol. The van der Waals surface area contributed by atoms with Crippen molar-refractivity contribution in [3.8, 4) is 0 Å². The van der Waals surface area contributed by atoms with Gasteiger partial charge >= 0.3 is 0 Å². The molecule has 3 rings (SSSR count). The second kappa shape index (κ2) is 6.20. The van der Waals surface area contributed by atoms with E-state index >= 15 is 0 Å². The molecule has 0 saturated heterocycles. The van der Waals surface area contributed by atoms with Crippen molar-refractivity contribution in [3.63, 3.8) is 0 Å². The maximum Gasteiger partial charge on any atom is 0.111 e. The fraction of sp³-hybridized carbons (Fsp3) is 0.353. The van der Waals surface area contributed by atoms with Crippen LogP contribution in [0.4, 0.5) is 0 Å². The zero-order valence-corrected chi connectivity index (χ0v) is 13.9. The molecule has 0 radical (unpaired) electrons. The van der Waals surface area contributed by atoms with Crippen molar-refractivity contribution >= 4 is 34.0 Å². The van der Waals surface area contributed by atoms with Crippen molar-refractivity contribution in [1.29, 1.82) is 0 Å². The Hall–Kier alpha value is -1.32. The number of thiophene rings is 1. The summed E-state index contributed by atoms with van der Waals surface area (Å²) in [4.78, 5) is 6.21. The fourth-order valence-corrected chi connectivity index (χ4v) is 3.82. The summed E-state index contributed by atoms with van der Waals surface area (Å²) in [7, 11) is 0. The van der Waals surface area contributed by atoms with Gasteiger partial charge < -0.3 is 4.57 Å². The minimum Gasteiger partial charge on any atom is -0.325 e. The highest BCUT2D eigenvalue weighted by atomic mass is 35.5. The van der Waals surface area contributed by atoms with Crippen LogP contribution in [-0.2, 0) is 12.8 Å². The van der Waals surface area contributed by atoms with Gasteiger partial charge in [-0.2, -0.15) is 0 Å². The van der Waals surface area contributed by atoms with Gasteiger partial charge in [0, 0.05) is 29.6 Å². The number of aryl methyl sites for hydroxylation is 2. The molecule has 0 amide bonds. The molecule has 4 heteroatoms. The van der Waals surface area contributed by atoms with Crippen LogP contribution < -0.4 is 0 Å². The number of nitrogens with zero attached hydrogens (tertiary/aromatic N) is 2. The van der Waals surface area contributed by atoms with Crippen molar-refractivity contribution in [2.75, 3.05) is 5.88 Å². The van der Waals surface area contributed by atoms with E-state index in [1.165, 1.54) is 16.0 Å². The maximum atomic E-state index is 5.96. The van der Waals surface area contributed by atoms with Crippen molar-refractivity contribution in [3.05, 3.63) is 52.0 Å². The summed E-state index contributed by atoms with van der Waals surface area (Å²) in [6.45, 7) is 4.37. The summed E-state index contributed by atoms with van der Waals surface area (Å²) in [6.07, 6.45) is 1.84. The van der Waals surface area contributed by atoms with Gasteiger partial charge in [0.1, 0.15) is 5.82 Å². The third-order valence-electron chi connectivity index (χ3n) is 3.75. The number of hydrogen-bond acceptors (Lipinski definition) is 2. The molecule has 0 aliphatic heterocycles. The first-order valence-corrected chi connectivity index (χ1v) is 8.66. The SMILES string of the molecule is Cc1ccc2c(c1)nc(CCCl)n2C(C)Cc1cccs1. The molecule has 2 nitrogen and oxygen atoms in total. The number of halogens is 1.